The Labute approximate surface area is 172 Å². The fourth-order valence-corrected chi connectivity index (χ4v) is 4.53. The molecule has 1 amide bonds. The summed E-state index contributed by atoms with van der Waals surface area (Å²) < 4.78 is 20.7. The first-order chi connectivity index (χ1) is 14.0. The molecule has 2 aliphatic heterocycles. The van der Waals surface area contributed by atoms with Crippen LogP contribution in [0, 0.1) is 11.8 Å². The average Bonchev–Trinajstić information content (AvgIpc) is 3.54. The molecular formula is C23H31FN2O3. The summed E-state index contributed by atoms with van der Waals surface area (Å²) >= 11 is 0. The largest absolute Gasteiger partial charge is 0.462 e. The summed E-state index contributed by atoms with van der Waals surface area (Å²) in [5, 5.41) is 0. The number of hydrogen-bond donors (Lipinski definition) is 0. The van der Waals surface area contributed by atoms with Crippen molar-refractivity contribution in [3.8, 4) is 0 Å². The Morgan fingerprint density at radius 2 is 1.93 bits per heavy atom. The maximum atomic E-state index is 15.3. The molecule has 0 unspecified atom stereocenters. The van der Waals surface area contributed by atoms with Crippen LogP contribution in [-0.4, -0.2) is 60.1 Å². The number of likely N-dealkylation sites (tertiary alicyclic amines) is 2. The van der Waals surface area contributed by atoms with E-state index in [-0.39, 0.29) is 42.9 Å². The number of esters is 1. The number of alkyl halides is 1. The van der Waals surface area contributed by atoms with Crippen molar-refractivity contribution in [1.82, 2.24) is 9.80 Å². The minimum atomic E-state index is -1.50. The molecule has 1 aromatic carbocycles. The number of piperidine rings is 1. The van der Waals surface area contributed by atoms with E-state index in [1.807, 2.05) is 18.2 Å². The van der Waals surface area contributed by atoms with Crippen LogP contribution in [0.2, 0.25) is 0 Å². The molecule has 1 saturated carbocycles. The predicted octanol–water partition coefficient (Wildman–Crippen LogP) is 3.35. The van der Waals surface area contributed by atoms with E-state index in [0.29, 0.717) is 25.9 Å². The number of carbonyl (C=O) groups excluding carboxylic acids is 2. The zero-order valence-electron chi connectivity index (χ0n) is 17.2. The third kappa shape index (κ3) is 4.80. The van der Waals surface area contributed by atoms with Gasteiger partial charge in [0.25, 0.3) is 0 Å². The first-order valence-corrected chi connectivity index (χ1v) is 10.9. The molecular weight excluding hydrogens is 371 g/mol. The fraction of sp³-hybridized carbons (Fsp3) is 0.652. The van der Waals surface area contributed by atoms with Gasteiger partial charge in [-0.05, 0) is 44.6 Å². The Morgan fingerprint density at radius 1 is 1.17 bits per heavy atom. The number of rotatable bonds is 6. The highest BCUT2D eigenvalue weighted by atomic mass is 19.1. The number of halogens is 1. The molecule has 158 valence electrons. The molecule has 5 nitrogen and oxygen atoms in total. The molecule has 3 aliphatic rings. The van der Waals surface area contributed by atoms with Crippen LogP contribution in [0.4, 0.5) is 4.39 Å². The summed E-state index contributed by atoms with van der Waals surface area (Å²) in [5.74, 6) is -0.346. The molecule has 0 radical (unpaired) electrons. The molecule has 2 heterocycles. The third-order valence-corrected chi connectivity index (χ3v) is 6.63. The van der Waals surface area contributed by atoms with Crippen molar-refractivity contribution >= 4 is 11.9 Å². The Balaban J connectivity index is 1.27. The van der Waals surface area contributed by atoms with Gasteiger partial charge in [0, 0.05) is 38.1 Å². The summed E-state index contributed by atoms with van der Waals surface area (Å²) in [6, 6.07) is 10.2. The Kier molecular flexibility index (Phi) is 5.91. The number of nitrogens with zero attached hydrogens (tertiary/aromatic N) is 2. The molecule has 1 aliphatic carbocycles. The van der Waals surface area contributed by atoms with Gasteiger partial charge in [0.15, 0.2) is 5.67 Å². The van der Waals surface area contributed by atoms with Crippen LogP contribution >= 0.6 is 0 Å². The van der Waals surface area contributed by atoms with Crippen molar-refractivity contribution in [3.63, 3.8) is 0 Å². The van der Waals surface area contributed by atoms with E-state index < -0.39 is 5.67 Å². The van der Waals surface area contributed by atoms with Gasteiger partial charge in [-0.15, -0.1) is 0 Å². The molecule has 1 aromatic rings. The van der Waals surface area contributed by atoms with Gasteiger partial charge in [0.2, 0.25) is 5.91 Å². The third-order valence-electron chi connectivity index (χ3n) is 6.63. The quantitative estimate of drug-likeness (QED) is 0.685. The molecule has 2 saturated heterocycles. The maximum Gasteiger partial charge on any atom is 0.310 e. The topological polar surface area (TPSA) is 49.9 Å². The zero-order valence-corrected chi connectivity index (χ0v) is 17.2. The molecule has 0 bridgehead atoms. The second-order valence-electron chi connectivity index (χ2n) is 8.96. The average molecular weight is 403 g/mol. The number of ether oxygens (including phenoxy) is 1. The van der Waals surface area contributed by atoms with Gasteiger partial charge in [0.1, 0.15) is 6.61 Å². The van der Waals surface area contributed by atoms with E-state index in [1.165, 1.54) is 0 Å². The predicted molar refractivity (Wildman–Crippen MR) is 108 cm³/mol. The van der Waals surface area contributed by atoms with Crippen molar-refractivity contribution in [2.24, 2.45) is 11.8 Å². The van der Waals surface area contributed by atoms with Gasteiger partial charge >= 0.3 is 5.97 Å². The van der Waals surface area contributed by atoms with Crippen molar-refractivity contribution in [2.75, 3.05) is 32.8 Å². The van der Waals surface area contributed by atoms with Crippen molar-refractivity contribution in [1.29, 1.82) is 0 Å². The van der Waals surface area contributed by atoms with Crippen LogP contribution in [-0.2, 0) is 14.3 Å². The Hall–Kier alpha value is -1.95. The summed E-state index contributed by atoms with van der Waals surface area (Å²) in [7, 11) is 0. The Bertz CT molecular complexity index is 739. The summed E-state index contributed by atoms with van der Waals surface area (Å²) in [6.07, 6.45) is 3.82. The number of carbonyl (C=O) groups is 2. The Morgan fingerprint density at radius 3 is 2.66 bits per heavy atom. The van der Waals surface area contributed by atoms with Crippen LogP contribution in [0.15, 0.2) is 30.3 Å². The molecule has 0 aromatic heterocycles. The smallest absolute Gasteiger partial charge is 0.310 e. The SMILES string of the molecule is C[C@H](c1ccccc1)N1CC[C@@](F)(COC(=O)[C@@H]2CCCN(C(=O)C3CC3)C2)C1. The lowest BCUT2D eigenvalue weighted by Crippen LogP contribution is -2.44. The van der Waals surface area contributed by atoms with Crippen molar-refractivity contribution < 1.29 is 18.7 Å². The van der Waals surface area contributed by atoms with Gasteiger partial charge in [-0.1, -0.05) is 30.3 Å². The van der Waals surface area contributed by atoms with E-state index in [0.717, 1.165) is 31.4 Å². The van der Waals surface area contributed by atoms with Gasteiger partial charge < -0.3 is 9.64 Å². The monoisotopic (exact) mass is 402 g/mol. The van der Waals surface area contributed by atoms with Crippen molar-refractivity contribution in [3.05, 3.63) is 35.9 Å². The summed E-state index contributed by atoms with van der Waals surface area (Å²) in [6.45, 7) is 3.95. The van der Waals surface area contributed by atoms with Crippen LogP contribution in [0.3, 0.4) is 0 Å². The fourth-order valence-electron chi connectivity index (χ4n) is 4.53. The molecule has 0 N–H and O–H groups in total. The van der Waals surface area contributed by atoms with Crippen LogP contribution < -0.4 is 0 Å². The second-order valence-corrected chi connectivity index (χ2v) is 8.96. The first-order valence-electron chi connectivity index (χ1n) is 10.9. The van der Waals surface area contributed by atoms with Gasteiger partial charge in [-0.25, -0.2) is 4.39 Å². The number of hydrogen-bond acceptors (Lipinski definition) is 4. The second kappa shape index (κ2) is 8.42. The van der Waals surface area contributed by atoms with E-state index in [9.17, 15) is 9.59 Å². The van der Waals surface area contributed by atoms with Crippen LogP contribution in [0.25, 0.3) is 0 Å². The molecule has 0 spiro atoms. The zero-order chi connectivity index (χ0) is 20.4. The summed E-state index contributed by atoms with van der Waals surface area (Å²) in [5.41, 5.74) is -0.340. The molecule has 3 fully saturated rings. The standard InChI is InChI=1S/C23H31FN2O3/c1-17(18-6-3-2-4-7-18)26-13-11-23(24,15-26)16-29-22(28)20-8-5-12-25(14-20)21(27)19-9-10-19/h2-4,6-7,17,19-20H,5,8-16H2,1H3/t17-,20-,23+/m1/s1. The minimum Gasteiger partial charge on any atom is -0.462 e. The molecule has 4 rings (SSSR count). The maximum absolute atomic E-state index is 15.3. The van der Waals surface area contributed by atoms with Crippen LogP contribution in [0.1, 0.15) is 50.6 Å². The van der Waals surface area contributed by atoms with Gasteiger partial charge in [0.05, 0.1) is 5.92 Å². The minimum absolute atomic E-state index is 0.130. The lowest BCUT2D eigenvalue weighted by molar-refractivity contribution is -0.155. The highest BCUT2D eigenvalue weighted by Crippen LogP contribution is 2.34. The lowest BCUT2D eigenvalue weighted by Gasteiger charge is -2.32. The van der Waals surface area contributed by atoms with Crippen molar-refractivity contribution in [2.45, 2.75) is 50.7 Å². The van der Waals surface area contributed by atoms with E-state index in [2.05, 4.69) is 24.0 Å². The van der Waals surface area contributed by atoms with Gasteiger partial charge in [-0.2, -0.15) is 0 Å². The van der Waals surface area contributed by atoms with Gasteiger partial charge in [-0.3, -0.25) is 14.5 Å². The first kappa shape index (κ1) is 20.3. The molecule has 6 heteroatoms. The number of amides is 1. The van der Waals surface area contributed by atoms with E-state index in [4.69, 9.17) is 4.74 Å². The highest BCUT2D eigenvalue weighted by molar-refractivity contribution is 5.82. The lowest BCUT2D eigenvalue weighted by atomic mass is 9.97. The summed E-state index contributed by atoms with van der Waals surface area (Å²) in [4.78, 5) is 28.7. The van der Waals surface area contributed by atoms with E-state index >= 15 is 4.39 Å². The number of benzene rings is 1. The van der Waals surface area contributed by atoms with Crippen LogP contribution in [0.5, 0.6) is 0 Å². The highest BCUT2D eigenvalue weighted by Gasteiger charge is 2.42. The molecule has 3 atom stereocenters. The molecule has 29 heavy (non-hydrogen) atoms. The van der Waals surface area contributed by atoms with E-state index in [1.54, 1.807) is 4.90 Å². The normalized spacial score (nSPS) is 28.9.